The molecular formula is C13H13Cl2N3O2. The Morgan fingerprint density at radius 2 is 1.90 bits per heavy atom. The van der Waals surface area contributed by atoms with Crippen LogP contribution in [0.1, 0.15) is 5.56 Å². The van der Waals surface area contributed by atoms with Gasteiger partial charge in [0.1, 0.15) is 5.02 Å². The summed E-state index contributed by atoms with van der Waals surface area (Å²) in [4.78, 5) is 4.11. The lowest BCUT2D eigenvalue weighted by molar-refractivity contribution is 0.374. The molecule has 0 radical (unpaired) electrons. The first-order valence-corrected chi connectivity index (χ1v) is 6.46. The van der Waals surface area contributed by atoms with E-state index in [0.29, 0.717) is 16.5 Å². The van der Waals surface area contributed by atoms with Crippen molar-refractivity contribution in [3.8, 4) is 17.4 Å². The maximum absolute atomic E-state index is 6.05. The summed E-state index contributed by atoms with van der Waals surface area (Å²) in [5.74, 6) is 6.86. The zero-order valence-electron chi connectivity index (χ0n) is 10.9. The van der Waals surface area contributed by atoms with Crippen LogP contribution in [0.5, 0.6) is 17.4 Å². The number of nitrogens with two attached hydrogens (primary N) is 1. The number of nitrogens with one attached hydrogen (secondary N) is 1. The van der Waals surface area contributed by atoms with E-state index in [9.17, 15) is 0 Å². The van der Waals surface area contributed by atoms with Gasteiger partial charge >= 0.3 is 0 Å². The van der Waals surface area contributed by atoms with Gasteiger partial charge < -0.3 is 14.9 Å². The molecule has 0 saturated heterocycles. The zero-order valence-corrected chi connectivity index (χ0v) is 12.4. The van der Waals surface area contributed by atoms with Crippen molar-refractivity contribution in [1.82, 2.24) is 4.98 Å². The van der Waals surface area contributed by atoms with Crippen molar-refractivity contribution < 1.29 is 9.47 Å². The molecule has 0 aliphatic carbocycles. The van der Waals surface area contributed by atoms with Crippen molar-refractivity contribution in [1.29, 1.82) is 0 Å². The van der Waals surface area contributed by atoms with E-state index in [2.05, 4.69) is 10.4 Å². The number of aromatic nitrogens is 1. The molecule has 1 aromatic carbocycles. The minimum Gasteiger partial charge on any atom is -0.493 e. The fourth-order valence-electron chi connectivity index (χ4n) is 1.59. The molecular weight excluding hydrogens is 301 g/mol. The third-order valence-electron chi connectivity index (χ3n) is 2.56. The van der Waals surface area contributed by atoms with E-state index < -0.39 is 0 Å². The number of hydrogen-bond acceptors (Lipinski definition) is 5. The van der Waals surface area contributed by atoms with Crippen LogP contribution in [-0.4, -0.2) is 12.1 Å². The molecule has 0 aliphatic heterocycles. The number of pyridine rings is 1. The fourth-order valence-corrected chi connectivity index (χ4v) is 2.04. The van der Waals surface area contributed by atoms with Gasteiger partial charge in [0.15, 0.2) is 17.3 Å². The highest BCUT2D eigenvalue weighted by atomic mass is 35.5. The minimum absolute atomic E-state index is 0.186. The van der Waals surface area contributed by atoms with Gasteiger partial charge in [-0.2, -0.15) is 4.98 Å². The summed E-state index contributed by atoms with van der Waals surface area (Å²) in [5.41, 5.74) is 3.42. The first-order valence-electron chi connectivity index (χ1n) is 5.70. The van der Waals surface area contributed by atoms with Crippen LogP contribution < -0.4 is 20.7 Å². The molecule has 106 valence electrons. The predicted molar refractivity (Wildman–Crippen MR) is 79.9 cm³/mol. The zero-order chi connectivity index (χ0) is 14.7. The lowest BCUT2D eigenvalue weighted by Crippen LogP contribution is -2.09. The number of nitrogens with zero attached hydrogens (tertiary/aromatic N) is 1. The number of hydrogen-bond donors (Lipinski definition) is 2. The van der Waals surface area contributed by atoms with E-state index in [4.69, 9.17) is 38.5 Å². The molecule has 2 aromatic rings. The molecule has 1 heterocycles. The van der Waals surface area contributed by atoms with Crippen LogP contribution in [0.15, 0.2) is 24.3 Å². The van der Waals surface area contributed by atoms with Crippen molar-refractivity contribution in [2.75, 3.05) is 12.5 Å². The lowest BCUT2D eigenvalue weighted by Gasteiger charge is -2.12. The van der Waals surface area contributed by atoms with Crippen LogP contribution in [0.2, 0.25) is 10.0 Å². The Morgan fingerprint density at radius 1 is 1.15 bits per heavy atom. The molecule has 7 heteroatoms. The molecule has 0 saturated carbocycles. The molecule has 2 rings (SSSR count). The SMILES string of the molecule is COc1cc(C)ccc1Oc1nc(NN)c(Cl)cc1Cl. The minimum atomic E-state index is 0.186. The quantitative estimate of drug-likeness (QED) is 0.664. The first-order chi connectivity index (χ1) is 9.55. The summed E-state index contributed by atoms with van der Waals surface area (Å²) in [6.07, 6.45) is 0. The molecule has 0 spiro atoms. The average molecular weight is 314 g/mol. The molecule has 1 aromatic heterocycles. The molecule has 20 heavy (non-hydrogen) atoms. The van der Waals surface area contributed by atoms with Crippen molar-refractivity contribution in [2.24, 2.45) is 5.84 Å². The van der Waals surface area contributed by atoms with Gasteiger partial charge in [-0.25, -0.2) is 5.84 Å². The average Bonchev–Trinajstić information content (AvgIpc) is 2.43. The number of methoxy groups -OCH3 is 1. The lowest BCUT2D eigenvalue weighted by atomic mass is 10.2. The number of aryl methyl sites for hydroxylation is 1. The van der Waals surface area contributed by atoms with Gasteiger partial charge in [-0.1, -0.05) is 29.3 Å². The van der Waals surface area contributed by atoms with E-state index in [-0.39, 0.29) is 16.7 Å². The van der Waals surface area contributed by atoms with Crippen LogP contribution in [0.3, 0.4) is 0 Å². The fraction of sp³-hybridized carbons (Fsp3) is 0.154. The van der Waals surface area contributed by atoms with Gasteiger partial charge in [-0.15, -0.1) is 0 Å². The summed E-state index contributed by atoms with van der Waals surface area (Å²) in [6.45, 7) is 1.95. The third-order valence-corrected chi connectivity index (χ3v) is 3.12. The molecule has 5 nitrogen and oxygen atoms in total. The second-order valence-corrected chi connectivity index (χ2v) is 4.82. The largest absolute Gasteiger partial charge is 0.493 e. The van der Waals surface area contributed by atoms with Gasteiger partial charge in [0.05, 0.1) is 12.1 Å². The van der Waals surface area contributed by atoms with E-state index in [0.717, 1.165) is 5.56 Å². The predicted octanol–water partition coefficient (Wildman–Crippen LogP) is 3.78. The Morgan fingerprint density at radius 3 is 2.55 bits per heavy atom. The van der Waals surface area contributed by atoms with Crippen LogP contribution in [0, 0.1) is 6.92 Å². The van der Waals surface area contributed by atoms with Crippen LogP contribution >= 0.6 is 23.2 Å². The van der Waals surface area contributed by atoms with Gasteiger partial charge in [0.25, 0.3) is 0 Å². The number of halogens is 2. The van der Waals surface area contributed by atoms with Crippen LogP contribution in [0.4, 0.5) is 5.82 Å². The van der Waals surface area contributed by atoms with Crippen molar-refractivity contribution >= 4 is 29.0 Å². The Labute approximate surface area is 126 Å². The van der Waals surface area contributed by atoms with Gasteiger partial charge in [-0.3, -0.25) is 0 Å². The van der Waals surface area contributed by atoms with E-state index in [1.165, 1.54) is 6.07 Å². The topological polar surface area (TPSA) is 69.4 Å². The number of anilines is 1. The summed E-state index contributed by atoms with van der Waals surface area (Å²) in [7, 11) is 1.56. The Bertz CT molecular complexity index is 635. The molecule has 0 bridgehead atoms. The van der Waals surface area contributed by atoms with Crippen LogP contribution in [-0.2, 0) is 0 Å². The standard InChI is InChI=1S/C13H13Cl2N3O2/c1-7-3-4-10(11(5-7)19-2)20-13-9(15)6-8(14)12(17-13)18-16/h3-6H,16H2,1-2H3,(H,17,18). The monoisotopic (exact) mass is 313 g/mol. The summed E-state index contributed by atoms with van der Waals surface area (Å²) in [5, 5.41) is 0.581. The molecule has 0 aliphatic rings. The molecule has 0 atom stereocenters. The van der Waals surface area contributed by atoms with Gasteiger partial charge in [0, 0.05) is 0 Å². The van der Waals surface area contributed by atoms with Crippen molar-refractivity contribution in [3.63, 3.8) is 0 Å². The third kappa shape index (κ3) is 3.07. The smallest absolute Gasteiger partial charge is 0.240 e. The highest BCUT2D eigenvalue weighted by Gasteiger charge is 2.13. The maximum Gasteiger partial charge on any atom is 0.240 e. The summed E-state index contributed by atoms with van der Waals surface area (Å²) < 4.78 is 10.9. The highest BCUT2D eigenvalue weighted by molar-refractivity contribution is 6.36. The second-order valence-electron chi connectivity index (χ2n) is 4.01. The second kappa shape index (κ2) is 6.17. The van der Waals surface area contributed by atoms with Crippen LogP contribution in [0.25, 0.3) is 0 Å². The summed E-state index contributed by atoms with van der Waals surface area (Å²) >= 11 is 12.0. The van der Waals surface area contributed by atoms with E-state index in [1.54, 1.807) is 13.2 Å². The van der Waals surface area contributed by atoms with Gasteiger partial charge in [-0.05, 0) is 30.7 Å². The van der Waals surface area contributed by atoms with E-state index in [1.807, 2.05) is 19.1 Å². The number of benzene rings is 1. The number of rotatable bonds is 4. The number of nitrogen functional groups attached to an aromatic ring is 1. The summed E-state index contributed by atoms with van der Waals surface area (Å²) in [6, 6.07) is 7.02. The Kier molecular flexibility index (Phi) is 4.54. The molecule has 0 amide bonds. The number of hydrazine groups is 1. The first kappa shape index (κ1) is 14.7. The Hall–Kier alpha value is -1.69. The normalized spacial score (nSPS) is 10.2. The van der Waals surface area contributed by atoms with Gasteiger partial charge in [0.2, 0.25) is 5.88 Å². The van der Waals surface area contributed by atoms with Crippen molar-refractivity contribution in [3.05, 3.63) is 39.9 Å². The van der Waals surface area contributed by atoms with Crippen molar-refractivity contribution in [2.45, 2.75) is 6.92 Å². The highest BCUT2D eigenvalue weighted by Crippen LogP contribution is 2.36. The maximum atomic E-state index is 6.05. The molecule has 3 N–H and O–H groups in total. The van der Waals surface area contributed by atoms with E-state index >= 15 is 0 Å². The Balaban J connectivity index is 2.39. The molecule has 0 unspecified atom stereocenters. The number of ether oxygens (including phenoxy) is 2. The molecule has 0 fully saturated rings.